The van der Waals surface area contributed by atoms with Gasteiger partial charge in [0.05, 0.1) is 13.2 Å². The van der Waals surface area contributed by atoms with Crippen molar-refractivity contribution in [2.45, 2.75) is 57.5 Å². The summed E-state index contributed by atoms with van der Waals surface area (Å²) in [5, 5.41) is 0. The largest absolute Gasteiger partial charge is 0.379 e. The highest BCUT2D eigenvalue weighted by atomic mass is 19.1. The average Bonchev–Trinajstić information content (AvgIpc) is 2.63. The van der Waals surface area contributed by atoms with E-state index in [1.165, 1.54) is 19.3 Å². The molecule has 24 heavy (non-hydrogen) atoms. The Morgan fingerprint density at radius 2 is 1.71 bits per heavy atom. The van der Waals surface area contributed by atoms with Gasteiger partial charge >= 0.3 is 0 Å². The van der Waals surface area contributed by atoms with Crippen LogP contribution in [-0.4, -0.2) is 67.8 Å². The molecule has 2 aliphatic heterocycles. The van der Waals surface area contributed by atoms with Crippen molar-refractivity contribution in [3.63, 3.8) is 0 Å². The number of carbonyl (C=O) groups excluding carboxylic acids is 1. The lowest BCUT2D eigenvalue weighted by molar-refractivity contribution is -0.139. The molecule has 2 heterocycles. The summed E-state index contributed by atoms with van der Waals surface area (Å²) in [6.07, 6.45) is 7.22. The van der Waals surface area contributed by atoms with E-state index in [-0.39, 0.29) is 5.91 Å². The molecule has 4 nitrogen and oxygen atoms in total. The fourth-order valence-electron chi connectivity index (χ4n) is 4.58. The van der Waals surface area contributed by atoms with Crippen LogP contribution in [-0.2, 0) is 9.53 Å². The highest BCUT2D eigenvalue weighted by Crippen LogP contribution is 2.29. The number of morpholine rings is 1. The molecular formula is C19H33FN2O2. The summed E-state index contributed by atoms with van der Waals surface area (Å²) in [4.78, 5) is 16.8. The number of amides is 1. The maximum Gasteiger partial charge on any atom is 0.257 e. The molecule has 5 heteroatoms. The second-order valence-electron chi connectivity index (χ2n) is 7.91. The van der Waals surface area contributed by atoms with Crippen molar-refractivity contribution < 1.29 is 13.9 Å². The monoisotopic (exact) mass is 340 g/mol. The Kier molecular flexibility index (Phi) is 6.90. The van der Waals surface area contributed by atoms with E-state index < -0.39 is 6.17 Å². The number of hydrogen-bond donors (Lipinski definition) is 0. The van der Waals surface area contributed by atoms with E-state index in [4.69, 9.17) is 4.74 Å². The Labute approximate surface area is 145 Å². The van der Waals surface area contributed by atoms with Gasteiger partial charge in [-0.3, -0.25) is 9.69 Å². The highest BCUT2D eigenvalue weighted by Gasteiger charge is 2.31. The van der Waals surface area contributed by atoms with E-state index in [1.54, 1.807) is 0 Å². The smallest absolute Gasteiger partial charge is 0.257 e. The molecule has 0 aromatic heterocycles. The van der Waals surface area contributed by atoms with Crippen LogP contribution in [0.5, 0.6) is 0 Å². The third kappa shape index (κ3) is 5.16. The number of nitrogens with zero attached hydrogens (tertiary/aromatic N) is 2. The van der Waals surface area contributed by atoms with Crippen molar-refractivity contribution in [3.05, 3.63) is 0 Å². The van der Waals surface area contributed by atoms with Crippen molar-refractivity contribution in [3.8, 4) is 0 Å². The van der Waals surface area contributed by atoms with Gasteiger partial charge in [-0.1, -0.05) is 32.1 Å². The molecule has 0 radical (unpaired) electrons. The molecule has 1 aliphatic carbocycles. The van der Waals surface area contributed by atoms with Gasteiger partial charge in [-0.25, -0.2) is 4.39 Å². The summed E-state index contributed by atoms with van der Waals surface area (Å²) in [6, 6.07) is 0. The van der Waals surface area contributed by atoms with Crippen LogP contribution in [0.2, 0.25) is 0 Å². The van der Waals surface area contributed by atoms with Gasteiger partial charge in [-0.2, -0.15) is 0 Å². The molecule has 0 aromatic carbocycles. The van der Waals surface area contributed by atoms with Crippen LogP contribution >= 0.6 is 0 Å². The number of ether oxygens (including phenoxy) is 1. The van der Waals surface area contributed by atoms with Crippen LogP contribution in [0.1, 0.15) is 51.4 Å². The molecule has 3 fully saturated rings. The third-order valence-corrected chi connectivity index (χ3v) is 5.98. The molecule has 138 valence electrons. The van der Waals surface area contributed by atoms with E-state index in [1.807, 2.05) is 4.90 Å². The number of hydrogen-bond acceptors (Lipinski definition) is 3. The third-order valence-electron chi connectivity index (χ3n) is 5.98. The Morgan fingerprint density at radius 3 is 2.46 bits per heavy atom. The summed E-state index contributed by atoms with van der Waals surface area (Å²) in [5.74, 6) is 0.668. The normalized spacial score (nSPS) is 28.7. The summed E-state index contributed by atoms with van der Waals surface area (Å²) in [5.41, 5.74) is 0. The fraction of sp³-hybridized carbons (Fsp3) is 0.947. The molecule has 0 aromatic rings. The van der Waals surface area contributed by atoms with Crippen LogP contribution < -0.4 is 0 Å². The van der Waals surface area contributed by atoms with Crippen LogP contribution in [0, 0.1) is 11.8 Å². The molecule has 2 atom stereocenters. The Hall–Kier alpha value is -0.680. The van der Waals surface area contributed by atoms with Crippen LogP contribution in [0.15, 0.2) is 0 Å². The van der Waals surface area contributed by atoms with Crippen LogP contribution in [0.25, 0.3) is 0 Å². The molecule has 0 bridgehead atoms. The average molecular weight is 340 g/mol. The maximum absolute atomic E-state index is 14.5. The summed E-state index contributed by atoms with van der Waals surface area (Å²) >= 11 is 0. The Bertz CT molecular complexity index is 395. The SMILES string of the molecule is O=C([C@H](F)CC1CCCCC1)N1CCC[C@H](CN2CCOCC2)C1. The second kappa shape index (κ2) is 9.14. The van der Waals surface area contributed by atoms with Crippen molar-refractivity contribution in [1.82, 2.24) is 9.80 Å². The van der Waals surface area contributed by atoms with Gasteiger partial charge in [0.15, 0.2) is 6.17 Å². The lowest BCUT2D eigenvalue weighted by Gasteiger charge is -2.37. The van der Waals surface area contributed by atoms with Crippen LogP contribution in [0.4, 0.5) is 4.39 Å². The maximum atomic E-state index is 14.5. The molecule has 1 saturated carbocycles. The van der Waals surface area contributed by atoms with Gasteiger partial charge in [-0.15, -0.1) is 0 Å². The molecule has 1 amide bonds. The number of likely N-dealkylation sites (tertiary alicyclic amines) is 1. The number of halogens is 1. The standard InChI is InChI=1S/C19H33FN2O2/c20-18(13-16-5-2-1-3-6-16)19(23)22-8-4-7-17(15-22)14-21-9-11-24-12-10-21/h16-18H,1-15H2/t17-,18-/m1/s1. The van der Waals surface area contributed by atoms with Gasteiger partial charge in [0.1, 0.15) is 0 Å². The topological polar surface area (TPSA) is 32.8 Å². The lowest BCUT2D eigenvalue weighted by atomic mass is 9.85. The Morgan fingerprint density at radius 1 is 1.00 bits per heavy atom. The zero-order valence-corrected chi connectivity index (χ0v) is 14.9. The summed E-state index contributed by atoms with van der Waals surface area (Å²) in [7, 11) is 0. The van der Waals surface area contributed by atoms with E-state index in [0.29, 0.717) is 18.3 Å². The van der Waals surface area contributed by atoms with E-state index >= 15 is 0 Å². The zero-order valence-electron chi connectivity index (χ0n) is 14.9. The van der Waals surface area contributed by atoms with E-state index in [2.05, 4.69) is 4.90 Å². The van der Waals surface area contributed by atoms with Crippen molar-refractivity contribution in [2.75, 3.05) is 45.9 Å². The Balaban J connectivity index is 1.44. The lowest BCUT2D eigenvalue weighted by Crippen LogP contribution is -2.48. The minimum absolute atomic E-state index is 0.243. The van der Waals surface area contributed by atoms with Gasteiger partial charge in [0, 0.05) is 32.7 Å². The van der Waals surface area contributed by atoms with Gasteiger partial charge in [0.25, 0.3) is 5.91 Å². The molecule has 0 N–H and O–H groups in total. The van der Waals surface area contributed by atoms with Gasteiger partial charge in [0.2, 0.25) is 0 Å². The molecule has 0 spiro atoms. The first kappa shape index (κ1) is 18.1. The number of alkyl halides is 1. The molecule has 0 unspecified atom stereocenters. The minimum Gasteiger partial charge on any atom is -0.379 e. The van der Waals surface area contributed by atoms with Crippen molar-refractivity contribution in [2.24, 2.45) is 11.8 Å². The first-order chi connectivity index (χ1) is 11.7. The number of rotatable bonds is 5. The first-order valence-corrected chi connectivity index (χ1v) is 9.95. The van der Waals surface area contributed by atoms with E-state index in [9.17, 15) is 9.18 Å². The first-order valence-electron chi connectivity index (χ1n) is 9.95. The van der Waals surface area contributed by atoms with E-state index in [0.717, 1.165) is 71.6 Å². The summed E-state index contributed by atoms with van der Waals surface area (Å²) < 4.78 is 19.9. The molecule has 3 aliphatic rings. The second-order valence-corrected chi connectivity index (χ2v) is 7.91. The number of carbonyl (C=O) groups is 1. The summed E-state index contributed by atoms with van der Waals surface area (Å²) in [6.45, 7) is 6.08. The predicted molar refractivity (Wildman–Crippen MR) is 92.7 cm³/mol. The molecule has 2 saturated heterocycles. The van der Waals surface area contributed by atoms with Crippen molar-refractivity contribution >= 4 is 5.91 Å². The minimum atomic E-state index is -1.28. The number of piperidine rings is 1. The van der Waals surface area contributed by atoms with Crippen LogP contribution in [0.3, 0.4) is 0 Å². The van der Waals surface area contributed by atoms with Gasteiger partial charge in [-0.05, 0) is 31.1 Å². The quantitative estimate of drug-likeness (QED) is 0.771. The fourth-order valence-corrected chi connectivity index (χ4v) is 4.58. The molecule has 3 rings (SSSR count). The zero-order chi connectivity index (χ0) is 16.8. The molecular weight excluding hydrogens is 307 g/mol. The predicted octanol–water partition coefficient (Wildman–Crippen LogP) is 2.87. The van der Waals surface area contributed by atoms with Gasteiger partial charge < -0.3 is 9.64 Å². The van der Waals surface area contributed by atoms with Crippen molar-refractivity contribution in [1.29, 1.82) is 0 Å². The highest BCUT2D eigenvalue weighted by molar-refractivity contribution is 5.80.